The molecule has 0 unspecified atom stereocenters. The Labute approximate surface area is 109 Å². The number of hydrogen-bond donors (Lipinski definition) is 0. The molecular weight excluding hydrogens is 317 g/mol. The summed E-state index contributed by atoms with van der Waals surface area (Å²) in [4.78, 5) is 7.42. The van der Waals surface area contributed by atoms with Crippen LogP contribution in [-0.4, -0.2) is 9.97 Å². The van der Waals surface area contributed by atoms with Crippen molar-refractivity contribution in [1.29, 1.82) is 0 Å². The van der Waals surface area contributed by atoms with E-state index < -0.39 is 11.6 Å². The minimum absolute atomic E-state index is 0.00880. The van der Waals surface area contributed by atoms with E-state index in [0.717, 1.165) is 6.07 Å². The minimum Gasteiger partial charge on any atom is -0.435 e. The third-order valence-corrected chi connectivity index (χ3v) is 2.53. The van der Waals surface area contributed by atoms with Gasteiger partial charge in [-0.3, -0.25) is 0 Å². The molecule has 0 aliphatic carbocycles. The second kappa shape index (κ2) is 4.93. The third kappa shape index (κ3) is 2.70. The molecule has 0 aliphatic rings. The Hall–Kier alpha value is -1.27. The molecule has 17 heavy (non-hydrogen) atoms. The van der Waals surface area contributed by atoms with E-state index in [-0.39, 0.29) is 16.9 Å². The fraction of sp³-hybridized carbons (Fsp3) is 0. The van der Waals surface area contributed by atoms with E-state index in [4.69, 9.17) is 16.3 Å². The van der Waals surface area contributed by atoms with Gasteiger partial charge >= 0.3 is 0 Å². The van der Waals surface area contributed by atoms with Gasteiger partial charge in [0, 0.05) is 6.20 Å². The zero-order chi connectivity index (χ0) is 12.4. The molecule has 0 amide bonds. The number of ether oxygens (including phenoxy) is 1. The van der Waals surface area contributed by atoms with Crippen molar-refractivity contribution in [3.63, 3.8) is 0 Å². The number of halogens is 4. The Balaban J connectivity index is 2.38. The highest BCUT2D eigenvalue weighted by molar-refractivity contribution is 9.10. The molecule has 0 bridgehead atoms. The van der Waals surface area contributed by atoms with Gasteiger partial charge in [-0.25, -0.2) is 9.37 Å². The Kier molecular flexibility index (Phi) is 3.54. The van der Waals surface area contributed by atoms with Gasteiger partial charge < -0.3 is 4.74 Å². The van der Waals surface area contributed by atoms with Crippen LogP contribution in [0.2, 0.25) is 5.28 Å². The standard InChI is InChI=1S/C10H4BrClF2N2O/c11-5-4-15-10(12)16-9(5)17-7-3-1-2-6(13)8(7)14/h1-4H. The number of nitrogens with zero attached hydrogens (tertiary/aromatic N) is 2. The van der Waals surface area contributed by atoms with Gasteiger partial charge in [-0.05, 0) is 39.7 Å². The summed E-state index contributed by atoms with van der Waals surface area (Å²) in [5.41, 5.74) is 0. The fourth-order valence-electron chi connectivity index (χ4n) is 1.07. The van der Waals surface area contributed by atoms with Crippen molar-refractivity contribution in [2.75, 3.05) is 0 Å². The largest absolute Gasteiger partial charge is 0.435 e. The molecule has 0 aliphatic heterocycles. The number of hydrogen-bond acceptors (Lipinski definition) is 3. The first-order valence-corrected chi connectivity index (χ1v) is 5.55. The van der Waals surface area contributed by atoms with Crippen molar-refractivity contribution in [3.8, 4) is 11.6 Å². The molecule has 1 aromatic carbocycles. The molecular formula is C10H4BrClF2N2O. The maximum atomic E-state index is 13.3. The first-order valence-electron chi connectivity index (χ1n) is 4.38. The van der Waals surface area contributed by atoms with Crippen molar-refractivity contribution in [1.82, 2.24) is 9.97 Å². The second-order valence-electron chi connectivity index (χ2n) is 2.95. The summed E-state index contributed by atoms with van der Waals surface area (Å²) in [5.74, 6) is -2.36. The van der Waals surface area contributed by atoms with Crippen LogP contribution in [0.4, 0.5) is 8.78 Å². The van der Waals surface area contributed by atoms with Gasteiger partial charge in [0.1, 0.15) is 0 Å². The summed E-state index contributed by atoms with van der Waals surface area (Å²) < 4.78 is 31.7. The Morgan fingerprint density at radius 3 is 2.82 bits per heavy atom. The second-order valence-corrected chi connectivity index (χ2v) is 4.14. The highest BCUT2D eigenvalue weighted by Crippen LogP contribution is 2.30. The minimum atomic E-state index is -1.09. The van der Waals surface area contributed by atoms with Crippen LogP contribution in [0, 0.1) is 11.6 Å². The Morgan fingerprint density at radius 2 is 2.06 bits per heavy atom. The van der Waals surface area contributed by atoms with E-state index >= 15 is 0 Å². The van der Waals surface area contributed by atoms with Crippen molar-refractivity contribution in [3.05, 3.63) is 45.8 Å². The fourth-order valence-corrected chi connectivity index (χ4v) is 1.47. The molecule has 2 rings (SSSR count). The van der Waals surface area contributed by atoms with Gasteiger partial charge in [0.05, 0.1) is 4.47 Å². The van der Waals surface area contributed by atoms with E-state index in [1.54, 1.807) is 0 Å². The molecule has 0 spiro atoms. The molecule has 0 saturated carbocycles. The smallest absolute Gasteiger partial charge is 0.238 e. The molecule has 0 saturated heterocycles. The van der Waals surface area contributed by atoms with Gasteiger partial charge in [0.15, 0.2) is 11.6 Å². The van der Waals surface area contributed by atoms with Crippen LogP contribution in [0.25, 0.3) is 0 Å². The molecule has 0 fully saturated rings. The van der Waals surface area contributed by atoms with Crippen LogP contribution in [0.1, 0.15) is 0 Å². The summed E-state index contributed by atoms with van der Waals surface area (Å²) in [7, 11) is 0. The quantitative estimate of drug-likeness (QED) is 0.785. The highest BCUT2D eigenvalue weighted by atomic mass is 79.9. The topological polar surface area (TPSA) is 35.0 Å². The van der Waals surface area contributed by atoms with E-state index in [9.17, 15) is 8.78 Å². The highest BCUT2D eigenvalue weighted by Gasteiger charge is 2.12. The normalized spacial score (nSPS) is 10.4. The average molecular weight is 322 g/mol. The molecule has 0 N–H and O–H groups in total. The number of aromatic nitrogens is 2. The zero-order valence-electron chi connectivity index (χ0n) is 8.12. The molecule has 7 heteroatoms. The predicted octanol–water partition coefficient (Wildman–Crippen LogP) is 3.96. The molecule has 0 radical (unpaired) electrons. The molecule has 2 aromatic rings. The van der Waals surface area contributed by atoms with Crippen LogP contribution in [0.3, 0.4) is 0 Å². The summed E-state index contributed by atoms with van der Waals surface area (Å²) in [6.45, 7) is 0. The van der Waals surface area contributed by atoms with Crippen LogP contribution in [0.5, 0.6) is 11.6 Å². The summed E-state index contributed by atoms with van der Waals surface area (Å²) >= 11 is 8.67. The van der Waals surface area contributed by atoms with Gasteiger partial charge in [-0.2, -0.15) is 9.37 Å². The monoisotopic (exact) mass is 320 g/mol. The summed E-state index contributed by atoms with van der Waals surface area (Å²) in [5, 5.41) is -0.0555. The van der Waals surface area contributed by atoms with Gasteiger partial charge in [-0.1, -0.05) is 6.07 Å². The maximum Gasteiger partial charge on any atom is 0.238 e. The van der Waals surface area contributed by atoms with Crippen LogP contribution in [-0.2, 0) is 0 Å². The van der Waals surface area contributed by atoms with E-state index in [0.29, 0.717) is 4.47 Å². The predicted molar refractivity (Wildman–Crippen MR) is 61.2 cm³/mol. The van der Waals surface area contributed by atoms with Crippen molar-refractivity contribution in [2.24, 2.45) is 0 Å². The zero-order valence-corrected chi connectivity index (χ0v) is 10.5. The van der Waals surface area contributed by atoms with E-state index in [2.05, 4.69) is 25.9 Å². The first-order chi connectivity index (χ1) is 8.08. The van der Waals surface area contributed by atoms with Crippen molar-refractivity contribution < 1.29 is 13.5 Å². The molecule has 1 heterocycles. The Bertz CT molecular complexity index is 568. The Morgan fingerprint density at radius 1 is 1.29 bits per heavy atom. The molecule has 88 valence electrons. The van der Waals surface area contributed by atoms with Gasteiger partial charge in [-0.15, -0.1) is 0 Å². The van der Waals surface area contributed by atoms with Gasteiger partial charge in [0.25, 0.3) is 0 Å². The lowest BCUT2D eigenvalue weighted by Crippen LogP contribution is -1.95. The van der Waals surface area contributed by atoms with Crippen LogP contribution in [0.15, 0.2) is 28.9 Å². The van der Waals surface area contributed by atoms with Crippen molar-refractivity contribution in [2.45, 2.75) is 0 Å². The molecule has 0 atom stereocenters. The van der Waals surface area contributed by atoms with E-state index in [1.807, 2.05) is 0 Å². The third-order valence-electron chi connectivity index (χ3n) is 1.81. The molecule has 1 aromatic heterocycles. The molecule has 3 nitrogen and oxygen atoms in total. The van der Waals surface area contributed by atoms with Gasteiger partial charge in [0.2, 0.25) is 17.0 Å². The number of benzene rings is 1. The van der Waals surface area contributed by atoms with Crippen LogP contribution < -0.4 is 4.74 Å². The van der Waals surface area contributed by atoms with E-state index in [1.165, 1.54) is 18.3 Å². The van der Waals surface area contributed by atoms with Crippen LogP contribution >= 0.6 is 27.5 Å². The van der Waals surface area contributed by atoms with Crippen molar-refractivity contribution >= 4 is 27.5 Å². The summed E-state index contributed by atoms with van der Waals surface area (Å²) in [6.07, 6.45) is 1.35. The lowest BCUT2D eigenvalue weighted by Gasteiger charge is -2.07. The maximum absolute atomic E-state index is 13.3. The first kappa shape index (κ1) is 12.2. The SMILES string of the molecule is Fc1cccc(Oc2nc(Cl)ncc2Br)c1F. The lowest BCUT2D eigenvalue weighted by molar-refractivity contribution is 0.403. The summed E-state index contributed by atoms with van der Waals surface area (Å²) in [6, 6.07) is 3.59. The number of rotatable bonds is 2. The lowest BCUT2D eigenvalue weighted by atomic mass is 10.3. The average Bonchev–Trinajstić information content (AvgIpc) is 2.30.